The van der Waals surface area contributed by atoms with Crippen LogP contribution < -0.4 is 10.6 Å². The van der Waals surface area contributed by atoms with Crippen molar-refractivity contribution in [2.75, 3.05) is 13.1 Å². The minimum atomic E-state index is -1.64. The minimum Gasteiger partial charge on any atom is -0.383 e. The van der Waals surface area contributed by atoms with Crippen LogP contribution >= 0.6 is 0 Å². The molecule has 0 aromatic heterocycles. The summed E-state index contributed by atoms with van der Waals surface area (Å²) in [5.41, 5.74) is -0.624. The van der Waals surface area contributed by atoms with E-state index in [0.717, 1.165) is 11.6 Å². The van der Waals surface area contributed by atoms with Crippen LogP contribution in [-0.4, -0.2) is 24.2 Å². The van der Waals surface area contributed by atoms with Gasteiger partial charge in [-0.3, -0.25) is 0 Å². The molecule has 0 aliphatic rings. The van der Waals surface area contributed by atoms with E-state index in [2.05, 4.69) is 10.6 Å². The van der Waals surface area contributed by atoms with Gasteiger partial charge in [0.1, 0.15) is 17.2 Å². The smallest absolute Gasteiger partial charge is 0.314 e. The number of carbonyl (C=O) groups is 1. The molecule has 0 radical (unpaired) electrons. The Morgan fingerprint density at radius 3 is 2.50 bits per heavy atom. The van der Waals surface area contributed by atoms with Crippen LogP contribution in [0.15, 0.2) is 48.5 Å². The lowest BCUT2D eigenvalue weighted by Gasteiger charge is -2.24. The molecule has 0 aliphatic carbocycles. The monoisotopic (exact) mass is 334 g/mol. The van der Waals surface area contributed by atoms with Crippen molar-refractivity contribution in [1.82, 2.24) is 10.6 Å². The molecule has 0 aliphatic heterocycles. The van der Waals surface area contributed by atoms with Crippen LogP contribution in [0.5, 0.6) is 0 Å². The van der Waals surface area contributed by atoms with Crippen molar-refractivity contribution in [2.45, 2.75) is 18.9 Å². The van der Waals surface area contributed by atoms with E-state index in [1.165, 1.54) is 13.0 Å². The maximum atomic E-state index is 13.7. The van der Waals surface area contributed by atoms with Gasteiger partial charge in [-0.1, -0.05) is 36.4 Å². The largest absolute Gasteiger partial charge is 0.383 e. The quantitative estimate of drug-likeness (QED) is 0.761. The molecule has 0 bridgehead atoms. The van der Waals surface area contributed by atoms with E-state index in [4.69, 9.17) is 0 Å². The van der Waals surface area contributed by atoms with Crippen molar-refractivity contribution in [3.8, 4) is 0 Å². The third-order valence-corrected chi connectivity index (χ3v) is 3.65. The molecule has 0 saturated carbocycles. The number of aliphatic hydroxyl groups is 1. The fourth-order valence-electron chi connectivity index (χ4n) is 2.30. The highest BCUT2D eigenvalue weighted by Crippen LogP contribution is 2.23. The molecule has 3 N–H and O–H groups in total. The summed E-state index contributed by atoms with van der Waals surface area (Å²) in [6.45, 7) is 1.59. The van der Waals surface area contributed by atoms with Crippen LogP contribution in [0.1, 0.15) is 18.1 Å². The normalized spacial score (nSPS) is 13.2. The third-order valence-electron chi connectivity index (χ3n) is 3.65. The molecule has 24 heavy (non-hydrogen) atoms. The molecule has 1 unspecified atom stereocenters. The highest BCUT2D eigenvalue weighted by atomic mass is 19.1. The molecule has 128 valence electrons. The number of hydrogen-bond donors (Lipinski definition) is 3. The first-order valence-electron chi connectivity index (χ1n) is 7.62. The molecule has 2 aromatic rings. The first-order valence-corrected chi connectivity index (χ1v) is 7.62. The van der Waals surface area contributed by atoms with Crippen LogP contribution in [0.25, 0.3) is 0 Å². The minimum absolute atomic E-state index is 0.0755. The van der Waals surface area contributed by atoms with E-state index in [0.29, 0.717) is 19.0 Å². The second-order valence-corrected chi connectivity index (χ2v) is 5.74. The highest BCUT2D eigenvalue weighted by Gasteiger charge is 2.27. The highest BCUT2D eigenvalue weighted by molar-refractivity contribution is 5.73. The number of urea groups is 1. The topological polar surface area (TPSA) is 61.4 Å². The average molecular weight is 334 g/mol. The van der Waals surface area contributed by atoms with Crippen molar-refractivity contribution < 1.29 is 18.7 Å². The molecule has 0 fully saturated rings. The van der Waals surface area contributed by atoms with Gasteiger partial charge in [-0.2, -0.15) is 0 Å². The van der Waals surface area contributed by atoms with Gasteiger partial charge in [-0.05, 0) is 25.0 Å². The maximum absolute atomic E-state index is 13.7. The van der Waals surface area contributed by atoms with E-state index >= 15 is 0 Å². The zero-order chi connectivity index (χ0) is 17.6. The number of benzene rings is 2. The van der Waals surface area contributed by atoms with E-state index in [1.807, 2.05) is 30.3 Å². The predicted molar refractivity (Wildman–Crippen MR) is 87.5 cm³/mol. The summed E-state index contributed by atoms with van der Waals surface area (Å²) in [7, 11) is 0. The van der Waals surface area contributed by atoms with Crippen LogP contribution in [-0.2, 0) is 12.0 Å². The number of halogens is 2. The summed E-state index contributed by atoms with van der Waals surface area (Å²) in [6, 6.07) is 12.1. The lowest BCUT2D eigenvalue weighted by atomic mass is 9.95. The molecule has 4 nitrogen and oxygen atoms in total. The van der Waals surface area contributed by atoms with Crippen LogP contribution in [0.3, 0.4) is 0 Å². The first-order chi connectivity index (χ1) is 11.4. The molecule has 6 heteroatoms. The Hall–Kier alpha value is -2.47. The second kappa shape index (κ2) is 7.88. The summed E-state index contributed by atoms with van der Waals surface area (Å²) >= 11 is 0. The van der Waals surface area contributed by atoms with Crippen LogP contribution in [0.4, 0.5) is 13.6 Å². The molecular weight excluding hydrogens is 314 g/mol. The summed E-state index contributed by atoms with van der Waals surface area (Å²) in [5, 5.41) is 15.5. The summed E-state index contributed by atoms with van der Waals surface area (Å²) < 4.78 is 26.7. The van der Waals surface area contributed by atoms with Gasteiger partial charge in [-0.15, -0.1) is 0 Å². The van der Waals surface area contributed by atoms with Gasteiger partial charge in [-0.25, -0.2) is 13.6 Å². The van der Waals surface area contributed by atoms with Crippen molar-refractivity contribution in [3.05, 3.63) is 71.3 Å². The van der Waals surface area contributed by atoms with Gasteiger partial charge < -0.3 is 15.7 Å². The zero-order valence-corrected chi connectivity index (χ0v) is 13.4. The number of carbonyl (C=O) groups excluding carboxylic acids is 1. The molecular formula is C18H20F2N2O2. The lowest BCUT2D eigenvalue weighted by Crippen LogP contribution is -2.44. The molecule has 2 rings (SSSR count). The second-order valence-electron chi connectivity index (χ2n) is 5.74. The van der Waals surface area contributed by atoms with E-state index in [1.54, 1.807) is 0 Å². The van der Waals surface area contributed by atoms with Crippen LogP contribution in [0, 0.1) is 11.6 Å². The zero-order valence-electron chi connectivity index (χ0n) is 13.4. The molecule has 2 amide bonds. The van der Waals surface area contributed by atoms with Gasteiger partial charge in [0.2, 0.25) is 0 Å². The summed E-state index contributed by atoms with van der Waals surface area (Å²) in [4.78, 5) is 11.8. The molecule has 0 heterocycles. The van der Waals surface area contributed by atoms with E-state index < -0.39 is 23.3 Å². The fourth-order valence-corrected chi connectivity index (χ4v) is 2.30. The fraction of sp³-hybridized carbons (Fsp3) is 0.278. The Labute approximate surface area is 139 Å². The van der Waals surface area contributed by atoms with Crippen molar-refractivity contribution in [2.24, 2.45) is 0 Å². The molecule has 1 atom stereocenters. The summed E-state index contributed by atoms with van der Waals surface area (Å²) in [6.07, 6.45) is 0.678. The number of amides is 2. The Morgan fingerprint density at radius 1 is 1.12 bits per heavy atom. The number of hydrogen-bond acceptors (Lipinski definition) is 2. The van der Waals surface area contributed by atoms with E-state index in [-0.39, 0.29) is 12.1 Å². The van der Waals surface area contributed by atoms with Gasteiger partial charge >= 0.3 is 6.03 Å². The van der Waals surface area contributed by atoms with Gasteiger partial charge in [0.15, 0.2) is 0 Å². The standard InChI is InChI=1S/C18H20F2N2O2/c1-18(24,15-8-7-14(19)11-16(15)20)12-22-17(23)21-10-9-13-5-3-2-4-6-13/h2-8,11,24H,9-10,12H2,1H3,(H2,21,22,23). The van der Waals surface area contributed by atoms with Crippen molar-refractivity contribution in [1.29, 1.82) is 0 Å². The first kappa shape index (κ1) is 17.9. The van der Waals surface area contributed by atoms with Crippen molar-refractivity contribution >= 4 is 6.03 Å². The lowest BCUT2D eigenvalue weighted by molar-refractivity contribution is 0.0555. The summed E-state index contributed by atoms with van der Waals surface area (Å²) in [5.74, 6) is -1.58. The molecule has 2 aromatic carbocycles. The Bertz CT molecular complexity index is 691. The average Bonchev–Trinajstić information content (AvgIpc) is 2.54. The predicted octanol–water partition coefficient (Wildman–Crippen LogP) is 2.71. The van der Waals surface area contributed by atoms with Gasteiger partial charge in [0.05, 0.1) is 6.54 Å². The van der Waals surface area contributed by atoms with Crippen molar-refractivity contribution in [3.63, 3.8) is 0 Å². The molecule has 0 saturated heterocycles. The van der Waals surface area contributed by atoms with Crippen LogP contribution in [0.2, 0.25) is 0 Å². The third kappa shape index (κ3) is 5.03. The maximum Gasteiger partial charge on any atom is 0.314 e. The van der Waals surface area contributed by atoms with Gasteiger partial charge in [0, 0.05) is 18.2 Å². The molecule has 0 spiro atoms. The number of nitrogens with one attached hydrogen (secondary N) is 2. The Balaban J connectivity index is 1.81. The Morgan fingerprint density at radius 2 is 1.83 bits per heavy atom. The Kier molecular flexibility index (Phi) is 5.87. The SMILES string of the molecule is CC(O)(CNC(=O)NCCc1ccccc1)c1ccc(F)cc1F. The van der Waals surface area contributed by atoms with Gasteiger partial charge in [0.25, 0.3) is 0 Å². The number of rotatable bonds is 6. The van der Waals surface area contributed by atoms with E-state index in [9.17, 15) is 18.7 Å².